The van der Waals surface area contributed by atoms with Gasteiger partial charge in [0, 0.05) is 31.7 Å². The summed E-state index contributed by atoms with van der Waals surface area (Å²) in [5.41, 5.74) is 5.40. The maximum absolute atomic E-state index is 12.0. The molecule has 2 heterocycles. The summed E-state index contributed by atoms with van der Waals surface area (Å²) in [7, 11) is -3.53. The normalized spacial score (nSPS) is 16.8. The number of nitrogens with one attached hydrogen (secondary N) is 1. The van der Waals surface area contributed by atoms with E-state index in [0.29, 0.717) is 0 Å². The van der Waals surface area contributed by atoms with E-state index in [4.69, 9.17) is 5.73 Å². The molecule has 6 nitrogen and oxygen atoms in total. The molecule has 8 heteroatoms. The van der Waals surface area contributed by atoms with E-state index in [-0.39, 0.29) is 30.0 Å². The van der Waals surface area contributed by atoms with Crippen LogP contribution in [-0.4, -0.2) is 30.6 Å². The highest BCUT2D eigenvalue weighted by Crippen LogP contribution is 2.17. The molecule has 0 fully saturated rings. The van der Waals surface area contributed by atoms with Gasteiger partial charge in [-0.3, -0.25) is 0 Å². The van der Waals surface area contributed by atoms with Crippen molar-refractivity contribution in [1.82, 2.24) is 14.3 Å². The van der Waals surface area contributed by atoms with E-state index in [9.17, 15) is 8.42 Å². The summed E-state index contributed by atoms with van der Waals surface area (Å²) < 4.78 is 28.4. The molecule has 1 aromatic heterocycles. The van der Waals surface area contributed by atoms with Crippen LogP contribution >= 0.6 is 12.4 Å². The molecule has 0 saturated heterocycles. The summed E-state index contributed by atoms with van der Waals surface area (Å²) in [6.07, 6.45) is 4.61. The summed E-state index contributed by atoms with van der Waals surface area (Å²) in [6.45, 7) is 2.85. The van der Waals surface area contributed by atoms with Crippen molar-refractivity contribution in [2.24, 2.45) is 5.73 Å². The van der Waals surface area contributed by atoms with E-state index in [1.807, 2.05) is 4.57 Å². The van der Waals surface area contributed by atoms with Crippen molar-refractivity contribution in [3.8, 4) is 0 Å². The van der Waals surface area contributed by atoms with Gasteiger partial charge in [0.05, 0.1) is 0 Å². The van der Waals surface area contributed by atoms with Crippen molar-refractivity contribution in [2.45, 2.75) is 43.8 Å². The van der Waals surface area contributed by atoms with Crippen molar-refractivity contribution < 1.29 is 8.42 Å². The van der Waals surface area contributed by atoms with Crippen LogP contribution < -0.4 is 10.5 Å². The first-order valence-electron chi connectivity index (χ1n) is 5.81. The Morgan fingerprint density at radius 1 is 1.56 bits per heavy atom. The van der Waals surface area contributed by atoms with E-state index >= 15 is 0 Å². The van der Waals surface area contributed by atoms with Crippen LogP contribution in [0.5, 0.6) is 0 Å². The van der Waals surface area contributed by atoms with Crippen LogP contribution in [0.4, 0.5) is 0 Å². The summed E-state index contributed by atoms with van der Waals surface area (Å²) >= 11 is 0. The average molecular weight is 295 g/mol. The molecule has 0 unspecified atom stereocenters. The molecule has 0 aliphatic carbocycles. The lowest BCUT2D eigenvalue weighted by molar-refractivity contribution is 0.522. The lowest BCUT2D eigenvalue weighted by atomic mass is 10.2. The Bertz CT molecular complexity index is 476. The molecule has 0 bridgehead atoms. The van der Waals surface area contributed by atoms with Crippen LogP contribution in [-0.2, 0) is 23.0 Å². The van der Waals surface area contributed by atoms with Crippen molar-refractivity contribution in [3.63, 3.8) is 0 Å². The topological polar surface area (TPSA) is 90.0 Å². The van der Waals surface area contributed by atoms with Crippen LogP contribution in [0.15, 0.2) is 11.2 Å². The lowest BCUT2D eigenvalue weighted by Crippen LogP contribution is -2.37. The third kappa shape index (κ3) is 3.23. The second-order valence-corrected chi connectivity index (χ2v) is 6.06. The quantitative estimate of drug-likeness (QED) is 0.834. The standard InChI is InChI=1S/C10H18N4O2S.ClH/c1-8(6-11)13-17(15,16)10-7-14-5-3-2-4-9(14)12-10;/h7-8,13H,2-6,11H2,1H3;1H/t8-;/m0./s1. The van der Waals surface area contributed by atoms with E-state index < -0.39 is 10.0 Å². The van der Waals surface area contributed by atoms with Crippen LogP contribution in [0, 0.1) is 0 Å². The summed E-state index contributed by atoms with van der Waals surface area (Å²) in [6, 6.07) is -0.279. The van der Waals surface area contributed by atoms with Gasteiger partial charge in [0.2, 0.25) is 0 Å². The van der Waals surface area contributed by atoms with Gasteiger partial charge in [-0.05, 0) is 19.8 Å². The van der Waals surface area contributed by atoms with Gasteiger partial charge in [0.15, 0.2) is 5.03 Å². The first-order chi connectivity index (χ1) is 8.03. The Kier molecular flexibility index (Phi) is 5.15. The first kappa shape index (κ1) is 15.4. The molecule has 0 amide bonds. The molecule has 3 N–H and O–H groups in total. The van der Waals surface area contributed by atoms with Gasteiger partial charge in [-0.15, -0.1) is 12.4 Å². The average Bonchev–Trinajstić information content (AvgIpc) is 2.72. The zero-order chi connectivity index (χ0) is 12.5. The van der Waals surface area contributed by atoms with Crippen LogP contribution in [0.3, 0.4) is 0 Å². The van der Waals surface area contributed by atoms with Gasteiger partial charge in [-0.25, -0.2) is 18.1 Å². The zero-order valence-electron chi connectivity index (χ0n) is 10.3. The third-order valence-corrected chi connectivity index (χ3v) is 4.33. The predicted molar refractivity (Wildman–Crippen MR) is 71.3 cm³/mol. The number of hydrogen-bond donors (Lipinski definition) is 2. The van der Waals surface area contributed by atoms with E-state index in [1.165, 1.54) is 0 Å². The minimum absolute atomic E-state index is 0. The Morgan fingerprint density at radius 3 is 2.89 bits per heavy atom. The highest BCUT2D eigenvalue weighted by Gasteiger charge is 2.22. The Morgan fingerprint density at radius 2 is 2.28 bits per heavy atom. The van der Waals surface area contributed by atoms with Crippen LogP contribution in [0.25, 0.3) is 0 Å². The van der Waals surface area contributed by atoms with Gasteiger partial charge in [0.1, 0.15) is 5.82 Å². The molecule has 0 spiro atoms. The molecular formula is C10H19ClN4O2S. The molecule has 0 radical (unpaired) electrons. The number of nitrogens with zero attached hydrogens (tertiary/aromatic N) is 2. The monoisotopic (exact) mass is 294 g/mol. The molecule has 0 aromatic carbocycles. The number of sulfonamides is 1. The van der Waals surface area contributed by atoms with Crippen molar-refractivity contribution in [1.29, 1.82) is 0 Å². The van der Waals surface area contributed by atoms with Crippen molar-refractivity contribution in [3.05, 3.63) is 12.0 Å². The fourth-order valence-corrected chi connectivity index (χ4v) is 3.13. The second-order valence-electron chi connectivity index (χ2n) is 4.40. The minimum atomic E-state index is -3.53. The SMILES string of the molecule is C[C@@H](CN)NS(=O)(=O)c1cn2c(n1)CCCC2.Cl. The number of fused-ring (bicyclic) bond motifs is 1. The molecule has 2 rings (SSSR count). The molecule has 104 valence electrons. The summed E-state index contributed by atoms with van der Waals surface area (Å²) in [5.74, 6) is 0.858. The van der Waals surface area contributed by atoms with E-state index in [0.717, 1.165) is 31.6 Å². The minimum Gasteiger partial charge on any atom is -0.333 e. The molecular weight excluding hydrogens is 276 g/mol. The van der Waals surface area contributed by atoms with Gasteiger partial charge in [-0.2, -0.15) is 0 Å². The number of rotatable bonds is 4. The fourth-order valence-electron chi connectivity index (χ4n) is 1.89. The number of halogens is 1. The Balaban J connectivity index is 0.00000162. The van der Waals surface area contributed by atoms with Crippen molar-refractivity contribution in [2.75, 3.05) is 6.54 Å². The molecule has 18 heavy (non-hydrogen) atoms. The maximum Gasteiger partial charge on any atom is 0.259 e. The first-order valence-corrected chi connectivity index (χ1v) is 7.29. The molecule has 0 saturated carbocycles. The third-order valence-electron chi connectivity index (χ3n) is 2.87. The van der Waals surface area contributed by atoms with Crippen molar-refractivity contribution >= 4 is 22.4 Å². The van der Waals surface area contributed by atoms with Gasteiger partial charge in [0.25, 0.3) is 10.0 Å². The number of nitrogens with two attached hydrogens (primary N) is 1. The Labute approximate surface area is 113 Å². The van der Waals surface area contributed by atoms with Gasteiger partial charge >= 0.3 is 0 Å². The number of hydrogen-bond acceptors (Lipinski definition) is 4. The zero-order valence-corrected chi connectivity index (χ0v) is 11.9. The van der Waals surface area contributed by atoms with Gasteiger partial charge < -0.3 is 10.3 Å². The number of imidazole rings is 1. The fraction of sp³-hybridized carbons (Fsp3) is 0.700. The molecule has 1 aromatic rings. The molecule has 1 aliphatic rings. The smallest absolute Gasteiger partial charge is 0.259 e. The highest BCUT2D eigenvalue weighted by molar-refractivity contribution is 7.89. The lowest BCUT2D eigenvalue weighted by Gasteiger charge is -2.11. The van der Waals surface area contributed by atoms with Gasteiger partial charge in [-0.1, -0.05) is 0 Å². The predicted octanol–water partition coefficient (Wildman–Crippen LogP) is 0.267. The van der Waals surface area contributed by atoms with E-state index in [2.05, 4.69) is 9.71 Å². The van der Waals surface area contributed by atoms with Crippen LogP contribution in [0.2, 0.25) is 0 Å². The molecule has 1 aliphatic heterocycles. The molecule has 1 atom stereocenters. The van der Waals surface area contributed by atoms with Crippen LogP contribution in [0.1, 0.15) is 25.6 Å². The Hall–Kier alpha value is -0.630. The highest BCUT2D eigenvalue weighted by atomic mass is 35.5. The largest absolute Gasteiger partial charge is 0.333 e. The van der Waals surface area contributed by atoms with E-state index in [1.54, 1.807) is 13.1 Å². The number of aromatic nitrogens is 2. The number of aryl methyl sites for hydroxylation is 2. The second kappa shape index (κ2) is 6.01. The maximum atomic E-state index is 12.0. The summed E-state index contributed by atoms with van der Waals surface area (Å²) in [4.78, 5) is 4.18. The summed E-state index contributed by atoms with van der Waals surface area (Å²) in [5, 5.41) is 0.106.